The summed E-state index contributed by atoms with van der Waals surface area (Å²) in [6.07, 6.45) is 0.950. The van der Waals surface area contributed by atoms with Gasteiger partial charge in [-0.25, -0.2) is 4.79 Å². The average Bonchev–Trinajstić information content (AvgIpc) is 1.83. The number of ether oxygens (including phenoxy) is 1. The summed E-state index contributed by atoms with van der Waals surface area (Å²) in [6, 6.07) is 0. The van der Waals surface area contributed by atoms with Gasteiger partial charge in [-0.15, -0.1) is 0 Å². The van der Waals surface area contributed by atoms with Crippen LogP contribution in [0.25, 0.3) is 0 Å². The van der Waals surface area contributed by atoms with Crippen molar-refractivity contribution in [3.8, 4) is 0 Å². The zero-order valence-corrected chi connectivity index (χ0v) is 7.65. The molecule has 0 spiro atoms. The van der Waals surface area contributed by atoms with Crippen LogP contribution in [0.1, 0.15) is 20.3 Å². The minimum Gasteiger partial charge on any atom is -1.00 e. The lowest BCUT2D eigenvalue weighted by molar-refractivity contribution is -0.766. The van der Waals surface area contributed by atoms with Gasteiger partial charge < -0.3 is 22.5 Å². The number of esters is 1. The second-order valence-electron chi connectivity index (χ2n) is 2.88. The molecule has 0 saturated carbocycles. The maximum Gasteiger partial charge on any atom is 0.367 e. The van der Waals surface area contributed by atoms with E-state index in [-0.39, 0.29) is 23.9 Å². The third kappa shape index (κ3) is 2.07. The molecule has 0 amide bonds. The number of hydrogen-bond donors (Lipinski definition) is 1. The van der Waals surface area contributed by atoms with Crippen LogP contribution in [0, 0.1) is 0 Å². The highest BCUT2D eigenvalue weighted by Gasteiger charge is 2.45. The molecule has 66 valence electrons. The molecule has 0 radical (unpaired) electrons. The smallest absolute Gasteiger partial charge is 0.367 e. The highest BCUT2D eigenvalue weighted by Crippen LogP contribution is 2.10. The average molecular weight is 180 g/mol. The molecule has 0 aromatic rings. The van der Waals surface area contributed by atoms with Crippen molar-refractivity contribution in [1.29, 1.82) is 0 Å². The van der Waals surface area contributed by atoms with Crippen LogP contribution in [-0.2, 0) is 9.53 Å². The van der Waals surface area contributed by atoms with E-state index < -0.39 is 0 Å². The lowest BCUT2D eigenvalue weighted by Crippen LogP contribution is -3.06. The van der Waals surface area contributed by atoms with E-state index in [1.54, 1.807) is 0 Å². The van der Waals surface area contributed by atoms with E-state index in [9.17, 15) is 4.79 Å². The first kappa shape index (κ1) is 10.7. The molecule has 1 fully saturated rings. The number of nitrogens with two attached hydrogens (primary N) is 1. The highest BCUT2D eigenvalue weighted by atomic mass is 35.5. The van der Waals surface area contributed by atoms with E-state index in [0.29, 0.717) is 6.61 Å². The van der Waals surface area contributed by atoms with Gasteiger partial charge in [0, 0.05) is 6.92 Å². The molecular formula is C7H14ClNO2. The summed E-state index contributed by atoms with van der Waals surface area (Å²) in [5.41, 5.74) is -0.254. The molecule has 2 N–H and O–H groups in total. The second kappa shape index (κ2) is 3.93. The second-order valence-corrected chi connectivity index (χ2v) is 2.88. The molecule has 4 heteroatoms. The minimum atomic E-state index is -0.254. The van der Waals surface area contributed by atoms with Crippen molar-refractivity contribution < 1.29 is 27.3 Å². The molecule has 1 atom stereocenters. The summed E-state index contributed by atoms with van der Waals surface area (Å²) in [6.45, 7) is 5.30. The van der Waals surface area contributed by atoms with Crippen LogP contribution in [-0.4, -0.2) is 24.7 Å². The number of hydrogen-bond acceptors (Lipinski definition) is 2. The Morgan fingerprint density at radius 2 is 2.27 bits per heavy atom. The summed E-state index contributed by atoms with van der Waals surface area (Å²) in [7, 11) is 0. The zero-order valence-electron chi connectivity index (χ0n) is 6.89. The fourth-order valence-electron chi connectivity index (χ4n) is 1.06. The Labute approximate surface area is 72.9 Å². The van der Waals surface area contributed by atoms with Crippen LogP contribution in [0.3, 0.4) is 0 Å². The monoisotopic (exact) mass is 179 g/mol. The third-order valence-electron chi connectivity index (χ3n) is 2.00. The number of carbonyl (C=O) groups excluding carboxylic acids is 1. The van der Waals surface area contributed by atoms with Gasteiger partial charge in [-0.1, -0.05) is 0 Å². The normalized spacial score (nSPS) is 28.2. The van der Waals surface area contributed by atoms with Crippen LogP contribution in [0.5, 0.6) is 0 Å². The topological polar surface area (TPSA) is 42.9 Å². The summed E-state index contributed by atoms with van der Waals surface area (Å²) in [4.78, 5) is 11.1. The van der Waals surface area contributed by atoms with E-state index in [1.165, 1.54) is 0 Å². The van der Waals surface area contributed by atoms with Crippen molar-refractivity contribution >= 4 is 5.97 Å². The van der Waals surface area contributed by atoms with Crippen molar-refractivity contribution in [2.75, 3.05) is 13.2 Å². The molecule has 0 unspecified atom stereocenters. The van der Waals surface area contributed by atoms with Gasteiger partial charge in [-0.3, -0.25) is 0 Å². The van der Waals surface area contributed by atoms with Crippen LogP contribution in [0.4, 0.5) is 0 Å². The molecule has 11 heavy (non-hydrogen) atoms. The molecule has 0 bridgehead atoms. The van der Waals surface area contributed by atoms with Gasteiger partial charge >= 0.3 is 5.97 Å². The van der Waals surface area contributed by atoms with E-state index in [2.05, 4.69) is 0 Å². The Bertz CT molecular complexity index is 145. The molecular weight excluding hydrogens is 166 g/mol. The molecule has 1 aliphatic rings. The van der Waals surface area contributed by atoms with Gasteiger partial charge in [-0.05, 0) is 6.92 Å². The Hall–Kier alpha value is -0.280. The van der Waals surface area contributed by atoms with Gasteiger partial charge in [0.2, 0.25) is 0 Å². The lowest BCUT2D eigenvalue weighted by atomic mass is 9.91. The predicted molar refractivity (Wildman–Crippen MR) is 36.4 cm³/mol. The van der Waals surface area contributed by atoms with E-state index >= 15 is 0 Å². The molecule has 1 aliphatic heterocycles. The van der Waals surface area contributed by atoms with Gasteiger partial charge in [0.1, 0.15) is 0 Å². The Morgan fingerprint density at radius 3 is 2.55 bits per heavy atom. The molecule has 0 aromatic heterocycles. The molecule has 0 aliphatic carbocycles. The van der Waals surface area contributed by atoms with E-state index in [4.69, 9.17) is 4.74 Å². The van der Waals surface area contributed by atoms with Crippen molar-refractivity contribution in [2.24, 2.45) is 0 Å². The predicted octanol–water partition coefficient (Wildman–Crippen LogP) is -3.72. The van der Waals surface area contributed by atoms with Crippen molar-refractivity contribution in [1.82, 2.24) is 0 Å². The van der Waals surface area contributed by atoms with Crippen LogP contribution >= 0.6 is 0 Å². The molecule has 1 rings (SSSR count). The molecule has 1 heterocycles. The summed E-state index contributed by atoms with van der Waals surface area (Å²) >= 11 is 0. The third-order valence-corrected chi connectivity index (χ3v) is 2.00. The maximum atomic E-state index is 11.1. The quantitative estimate of drug-likeness (QED) is 0.443. The highest BCUT2D eigenvalue weighted by molar-refractivity contribution is 5.78. The van der Waals surface area contributed by atoms with Crippen LogP contribution in [0.15, 0.2) is 0 Å². The molecule has 1 saturated heterocycles. The van der Waals surface area contributed by atoms with Crippen molar-refractivity contribution in [3.05, 3.63) is 0 Å². The van der Waals surface area contributed by atoms with Gasteiger partial charge in [0.05, 0.1) is 19.6 Å². The first-order valence-electron chi connectivity index (χ1n) is 3.70. The van der Waals surface area contributed by atoms with Crippen molar-refractivity contribution in [2.45, 2.75) is 25.8 Å². The fraction of sp³-hybridized carbons (Fsp3) is 0.857. The summed E-state index contributed by atoms with van der Waals surface area (Å²) in [5, 5.41) is 2.02. The molecule has 3 nitrogen and oxygen atoms in total. The Balaban J connectivity index is 0.000001000. The number of halogens is 1. The summed E-state index contributed by atoms with van der Waals surface area (Å²) < 4.78 is 4.88. The van der Waals surface area contributed by atoms with Crippen LogP contribution < -0.4 is 17.7 Å². The van der Waals surface area contributed by atoms with Crippen molar-refractivity contribution in [3.63, 3.8) is 0 Å². The Kier molecular flexibility index (Phi) is 3.83. The number of rotatable bonds is 2. The van der Waals surface area contributed by atoms with E-state index in [1.807, 2.05) is 19.2 Å². The number of carbonyl (C=O) groups is 1. The van der Waals surface area contributed by atoms with Gasteiger partial charge in [-0.2, -0.15) is 0 Å². The lowest BCUT2D eigenvalue weighted by Gasteiger charge is -2.32. The Morgan fingerprint density at radius 1 is 1.73 bits per heavy atom. The maximum absolute atomic E-state index is 11.1. The first-order valence-corrected chi connectivity index (χ1v) is 3.70. The first-order chi connectivity index (χ1) is 4.69. The zero-order chi connectivity index (χ0) is 7.61. The number of quaternary nitrogens is 1. The van der Waals surface area contributed by atoms with Gasteiger partial charge in [0.25, 0.3) is 0 Å². The molecule has 0 aromatic carbocycles. The van der Waals surface area contributed by atoms with Gasteiger partial charge in [0.15, 0.2) is 5.54 Å². The standard InChI is InChI=1S/C7H13NO2.ClH/c1-3-10-6(9)7(2)4-5-8-7;/h8H,3-5H2,1-2H3;1H/t7-;/m1./s1. The fourth-order valence-corrected chi connectivity index (χ4v) is 1.06. The van der Waals surface area contributed by atoms with Crippen LogP contribution in [0.2, 0.25) is 0 Å². The van der Waals surface area contributed by atoms with E-state index in [0.717, 1.165) is 13.0 Å². The minimum absolute atomic E-state index is 0. The summed E-state index contributed by atoms with van der Waals surface area (Å²) in [5.74, 6) is -0.0683. The largest absolute Gasteiger partial charge is 1.00 e. The SMILES string of the molecule is CCOC(=O)[C@@]1(C)CC[NH2+]1.[Cl-].